The van der Waals surface area contributed by atoms with Gasteiger partial charge in [-0.1, -0.05) is 25.8 Å². The van der Waals surface area contributed by atoms with Crippen molar-refractivity contribution < 1.29 is 4.79 Å². The number of aryl methyl sites for hydroxylation is 1. The van der Waals surface area contributed by atoms with E-state index in [0.29, 0.717) is 5.69 Å². The molecular formula is C11H15NO. The van der Waals surface area contributed by atoms with Crippen LogP contribution in [0.4, 0.5) is 0 Å². The van der Waals surface area contributed by atoms with Crippen molar-refractivity contribution in [2.45, 2.75) is 32.6 Å². The minimum Gasteiger partial charge on any atom is -0.296 e. The fraction of sp³-hybridized carbons (Fsp3) is 0.455. The summed E-state index contributed by atoms with van der Waals surface area (Å²) in [6.45, 7) is 2.19. The Kier molecular flexibility index (Phi) is 4.16. The predicted octanol–water partition coefficient (Wildman–Crippen LogP) is 2.63. The van der Waals surface area contributed by atoms with Gasteiger partial charge >= 0.3 is 0 Å². The van der Waals surface area contributed by atoms with E-state index in [0.717, 1.165) is 12.7 Å². The average molecular weight is 177 g/mol. The molecular weight excluding hydrogens is 162 g/mol. The van der Waals surface area contributed by atoms with Crippen LogP contribution in [0, 0.1) is 0 Å². The second-order valence-electron chi connectivity index (χ2n) is 3.17. The van der Waals surface area contributed by atoms with Crippen LogP contribution in [0.1, 0.15) is 42.2 Å². The maximum Gasteiger partial charge on any atom is 0.168 e. The second kappa shape index (κ2) is 5.46. The van der Waals surface area contributed by atoms with E-state index in [9.17, 15) is 4.79 Å². The molecule has 0 aromatic carbocycles. The van der Waals surface area contributed by atoms with Crippen molar-refractivity contribution in [2.24, 2.45) is 0 Å². The molecule has 2 heteroatoms. The van der Waals surface area contributed by atoms with Crippen LogP contribution in [0.5, 0.6) is 0 Å². The highest BCUT2D eigenvalue weighted by atomic mass is 16.1. The maximum absolute atomic E-state index is 10.3. The van der Waals surface area contributed by atoms with Gasteiger partial charge in [0.1, 0.15) is 5.69 Å². The number of carbonyl (C=O) groups is 1. The molecule has 0 spiro atoms. The number of hydrogen-bond acceptors (Lipinski definition) is 2. The molecule has 0 radical (unpaired) electrons. The molecule has 70 valence electrons. The lowest BCUT2D eigenvalue weighted by Gasteiger charge is -1.99. The van der Waals surface area contributed by atoms with Crippen molar-refractivity contribution in [2.75, 3.05) is 0 Å². The summed E-state index contributed by atoms with van der Waals surface area (Å²) in [4.78, 5) is 14.3. The highest BCUT2D eigenvalue weighted by Gasteiger charge is 1.94. The largest absolute Gasteiger partial charge is 0.296 e. The minimum absolute atomic E-state index is 0.513. The van der Waals surface area contributed by atoms with Crippen LogP contribution < -0.4 is 0 Å². The Labute approximate surface area is 79.0 Å². The van der Waals surface area contributed by atoms with E-state index in [-0.39, 0.29) is 0 Å². The van der Waals surface area contributed by atoms with Crippen LogP contribution in [-0.4, -0.2) is 11.3 Å². The van der Waals surface area contributed by atoms with Crippen LogP contribution in [0.15, 0.2) is 18.3 Å². The van der Waals surface area contributed by atoms with Gasteiger partial charge in [-0.05, 0) is 24.5 Å². The van der Waals surface area contributed by atoms with Crippen LogP contribution in [0.25, 0.3) is 0 Å². The zero-order chi connectivity index (χ0) is 9.52. The van der Waals surface area contributed by atoms with Crippen molar-refractivity contribution in [3.8, 4) is 0 Å². The SMILES string of the molecule is CCCCCc1ccc(C=O)nc1. The first-order chi connectivity index (χ1) is 6.36. The van der Waals surface area contributed by atoms with Crippen molar-refractivity contribution in [3.05, 3.63) is 29.6 Å². The van der Waals surface area contributed by atoms with Crippen molar-refractivity contribution in [3.63, 3.8) is 0 Å². The molecule has 0 saturated heterocycles. The van der Waals surface area contributed by atoms with E-state index in [2.05, 4.69) is 11.9 Å². The Hall–Kier alpha value is -1.18. The number of pyridine rings is 1. The lowest BCUT2D eigenvalue weighted by atomic mass is 10.1. The number of aromatic nitrogens is 1. The summed E-state index contributed by atoms with van der Waals surface area (Å²) in [7, 11) is 0. The molecule has 0 fully saturated rings. The molecule has 0 saturated carbocycles. The summed E-state index contributed by atoms with van der Waals surface area (Å²) in [6.07, 6.45) is 7.34. The quantitative estimate of drug-likeness (QED) is 0.511. The Morgan fingerprint density at radius 2 is 2.23 bits per heavy atom. The molecule has 13 heavy (non-hydrogen) atoms. The van der Waals surface area contributed by atoms with Gasteiger partial charge in [0.2, 0.25) is 0 Å². The monoisotopic (exact) mass is 177 g/mol. The summed E-state index contributed by atoms with van der Waals surface area (Å²) in [5, 5.41) is 0. The highest BCUT2D eigenvalue weighted by molar-refractivity contribution is 5.71. The number of carbonyl (C=O) groups excluding carboxylic acids is 1. The predicted molar refractivity (Wildman–Crippen MR) is 52.9 cm³/mol. The molecule has 0 aliphatic heterocycles. The van der Waals surface area contributed by atoms with E-state index in [1.807, 2.05) is 6.07 Å². The molecule has 0 atom stereocenters. The van der Waals surface area contributed by atoms with E-state index >= 15 is 0 Å². The number of rotatable bonds is 5. The molecule has 0 N–H and O–H groups in total. The summed E-state index contributed by atoms with van der Waals surface area (Å²) >= 11 is 0. The van der Waals surface area contributed by atoms with E-state index < -0.39 is 0 Å². The highest BCUT2D eigenvalue weighted by Crippen LogP contribution is 2.05. The molecule has 1 aromatic heterocycles. The summed E-state index contributed by atoms with van der Waals surface area (Å²) in [5.41, 5.74) is 1.73. The third kappa shape index (κ3) is 3.36. The van der Waals surface area contributed by atoms with Crippen LogP contribution in [0.3, 0.4) is 0 Å². The number of hydrogen-bond donors (Lipinski definition) is 0. The normalized spacial score (nSPS) is 9.92. The number of unbranched alkanes of at least 4 members (excludes halogenated alkanes) is 2. The van der Waals surface area contributed by atoms with Crippen LogP contribution in [-0.2, 0) is 6.42 Å². The standard InChI is InChI=1S/C11H15NO/c1-2-3-4-5-10-6-7-11(9-13)12-8-10/h6-9H,2-5H2,1H3. The van der Waals surface area contributed by atoms with Gasteiger partial charge in [0.15, 0.2) is 6.29 Å². The molecule has 0 aliphatic rings. The van der Waals surface area contributed by atoms with Crippen molar-refractivity contribution in [1.29, 1.82) is 0 Å². The average Bonchev–Trinajstić information content (AvgIpc) is 2.19. The van der Waals surface area contributed by atoms with Gasteiger partial charge in [-0.2, -0.15) is 0 Å². The Balaban J connectivity index is 2.44. The summed E-state index contributed by atoms with van der Waals surface area (Å²) in [5.74, 6) is 0. The van der Waals surface area contributed by atoms with Gasteiger partial charge in [-0.3, -0.25) is 9.78 Å². The number of aldehydes is 1. The van der Waals surface area contributed by atoms with Crippen molar-refractivity contribution in [1.82, 2.24) is 4.98 Å². The Morgan fingerprint density at radius 3 is 2.77 bits per heavy atom. The molecule has 1 rings (SSSR count). The smallest absolute Gasteiger partial charge is 0.168 e. The fourth-order valence-electron chi connectivity index (χ4n) is 1.23. The van der Waals surface area contributed by atoms with Crippen molar-refractivity contribution >= 4 is 6.29 Å². The van der Waals surface area contributed by atoms with Gasteiger partial charge in [0.05, 0.1) is 0 Å². The molecule has 1 aromatic rings. The lowest BCUT2D eigenvalue weighted by Crippen LogP contribution is -1.90. The third-order valence-corrected chi connectivity index (χ3v) is 2.04. The maximum atomic E-state index is 10.3. The van der Waals surface area contributed by atoms with Crippen LogP contribution >= 0.6 is 0 Å². The Bertz CT molecular complexity index is 253. The van der Waals surface area contributed by atoms with Gasteiger partial charge in [-0.25, -0.2) is 0 Å². The first-order valence-electron chi connectivity index (χ1n) is 4.77. The molecule has 0 bridgehead atoms. The zero-order valence-electron chi connectivity index (χ0n) is 7.99. The molecule has 0 aliphatic carbocycles. The topological polar surface area (TPSA) is 30.0 Å². The minimum atomic E-state index is 0.513. The lowest BCUT2D eigenvalue weighted by molar-refractivity contribution is 0.111. The van der Waals surface area contributed by atoms with Gasteiger partial charge in [0, 0.05) is 6.20 Å². The fourth-order valence-corrected chi connectivity index (χ4v) is 1.23. The van der Waals surface area contributed by atoms with Gasteiger partial charge < -0.3 is 0 Å². The summed E-state index contributed by atoms with van der Waals surface area (Å²) < 4.78 is 0. The number of nitrogens with zero attached hydrogens (tertiary/aromatic N) is 1. The van der Waals surface area contributed by atoms with E-state index in [4.69, 9.17) is 0 Å². The first kappa shape index (κ1) is 9.90. The molecule has 2 nitrogen and oxygen atoms in total. The van der Waals surface area contributed by atoms with Gasteiger partial charge in [0.25, 0.3) is 0 Å². The van der Waals surface area contributed by atoms with E-state index in [1.165, 1.54) is 24.8 Å². The first-order valence-corrected chi connectivity index (χ1v) is 4.77. The molecule has 0 unspecified atom stereocenters. The van der Waals surface area contributed by atoms with E-state index in [1.54, 1.807) is 12.3 Å². The third-order valence-electron chi connectivity index (χ3n) is 2.04. The Morgan fingerprint density at radius 1 is 1.38 bits per heavy atom. The van der Waals surface area contributed by atoms with Gasteiger partial charge in [-0.15, -0.1) is 0 Å². The second-order valence-corrected chi connectivity index (χ2v) is 3.17. The zero-order valence-corrected chi connectivity index (χ0v) is 7.99. The molecule has 0 amide bonds. The molecule has 1 heterocycles. The van der Waals surface area contributed by atoms with Crippen LogP contribution in [0.2, 0.25) is 0 Å². The summed E-state index contributed by atoms with van der Waals surface area (Å²) in [6, 6.07) is 3.75.